The van der Waals surface area contributed by atoms with Gasteiger partial charge in [0, 0.05) is 58.5 Å². The lowest BCUT2D eigenvalue weighted by Crippen LogP contribution is -2.47. The summed E-state index contributed by atoms with van der Waals surface area (Å²) < 4.78 is 5.22. The summed E-state index contributed by atoms with van der Waals surface area (Å²) in [5.74, 6) is 0.618. The molecular weight excluding hydrogens is 272 g/mol. The summed E-state index contributed by atoms with van der Waals surface area (Å²) in [6.45, 7) is 3.82. The van der Waals surface area contributed by atoms with E-state index >= 15 is 0 Å². The number of amides is 2. The highest BCUT2D eigenvalue weighted by atomic mass is 16.5. The van der Waals surface area contributed by atoms with Crippen molar-refractivity contribution < 1.29 is 19.4 Å². The molecule has 0 aromatic carbocycles. The lowest BCUT2D eigenvalue weighted by atomic mass is 9.94. The standard InChI is InChI=1S/C15H26N2O4/c1-11-9-12(11)14(19)16-6-3-13(18)17(2)10-15(20)4-7-21-8-5-15/h11-12,20H,3-10H2,1-2H3,(H,16,19). The third-order valence-corrected chi connectivity index (χ3v) is 4.47. The Morgan fingerprint density at radius 3 is 2.57 bits per heavy atom. The van der Waals surface area contributed by atoms with Crippen LogP contribution in [0, 0.1) is 11.8 Å². The van der Waals surface area contributed by atoms with Gasteiger partial charge in [-0.15, -0.1) is 0 Å². The van der Waals surface area contributed by atoms with Gasteiger partial charge < -0.3 is 20.1 Å². The second kappa shape index (κ2) is 6.75. The molecule has 21 heavy (non-hydrogen) atoms. The second-order valence-electron chi connectivity index (χ2n) is 6.45. The topological polar surface area (TPSA) is 78.9 Å². The van der Waals surface area contributed by atoms with Gasteiger partial charge in [0.1, 0.15) is 0 Å². The molecule has 1 saturated carbocycles. The predicted molar refractivity (Wildman–Crippen MR) is 77.5 cm³/mol. The summed E-state index contributed by atoms with van der Waals surface area (Å²) in [4.78, 5) is 25.2. The Morgan fingerprint density at radius 2 is 2.00 bits per heavy atom. The zero-order valence-electron chi connectivity index (χ0n) is 12.9. The maximum atomic E-state index is 12.0. The molecular formula is C15H26N2O4. The molecule has 2 amide bonds. The third kappa shape index (κ3) is 4.68. The zero-order chi connectivity index (χ0) is 15.5. The lowest BCUT2D eigenvalue weighted by molar-refractivity contribution is -0.136. The van der Waals surface area contributed by atoms with E-state index in [1.54, 1.807) is 11.9 Å². The van der Waals surface area contributed by atoms with Gasteiger partial charge in [0.2, 0.25) is 11.8 Å². The summed E-state index contributed by atoms with van der Waals surface area (Å²) in [6, 6.07) is 0. The summed E-state index contributed by atoms with van der Waals surface area (Å²) in [5.41, 5.74) is -0.838. The molecule has 1 heterocycles. The summed E-state index contributed by atoms with van der Waals surface area (Å²) in [6.07, 6.45) is 2.34. The number of likely N-dealkylation sites (N-methyl/N-ethyl adjacent to an activating group) is 1. The van der Waals surface area contributed by atoms with Crippen molar-refractivity contribution in [3.8, 4) is 0 Å². The van der Waals surface area contributed by atoms with Gasteiger partial charge in [0.25, 0.3) is 0 Å². The van der Waals surface area contributed by atoms with Crippen molar-refractivity contribution in [2.24, 2.45) is 11.8 Å². The molecule has 2 atom stereocenters. The Kier molecular flexibility index (Phi) is 5.22. The van der Waals surface area contributed by atoms with E-state index < -0.39 is 5.60 Å². The first-order valence-corrected chi connectivity index (χ1v) is 7.73. The number of carbonyl (C=O) groups excluding carboxylic acids is 2. The van der Waals surface area contributed by atoms with Crippen molar-refractivity contribution in [2.45, 2.75) is 38.2 Å². The lowest BCUT2D eigenvalue weighted by Gasteiger charge is -2.35. The van der Waals surface area contributed by atoms with E-state index in [9.17, 15) is 14.7 Å². The van der Waals surface area contributed by atoms with E-state index in [1.165, 1.54) is 0 Å². The van der Waals surface area contributed by atoms with E-state index in [1.807, 2.05) is 0 Å². The van der Waals surface area contributed by atoms with Crippen molar-refractivity contribution in [1.29, 1.82) is 0 Å². The van der Waals surface area contributed by atoms with Crippen LogP contribution in [0.3, 0.4) is 0 Å². The smallest absolute Gasteiger partial charge is 0.224 e. The molecule has 2 unspecified atom stereocenters. The number of carbonyl (C=O) groups is 2. The van der Waals surface area contributed by atoms with Crippen molar-refractivity contribution in [3.63, 3.8) is 0 Å². The largest absolute Gasteiger partial charge is 0.388 e. The van der Waals surface area contributed by atoms with Gasteiger partial charge in [-0.05, 0) is 12.3 Å². The van der Waals surface area contributed by atoms with Gasteiger partial charge in [-0.2, -0.15) is 0 Å². The van der Waals surface area contributed by atoms with Gasteiger partial charge in [-0.1, -0.05) is 6.92 Å². The minimum Gasteiger partial charge on any atom is -0.388 e. The average Bonchev–Trinajstić information content (AvgIpc) is 3.16. The number of hydrogen-bond acceptors (Lipinski definition) is 4. The molecule has 120 valence electrons. The van der Waals surface area contributed by atoms with Crippen molar-refractivity contribution in [3.05, 3.63) is 0 Å². The first-order valence-electron chi connectivity index (χ1n) is 7.73. The molecule has 1 saturated heterocycles. The normalized spacial score (nSPS) is 27.0. The quantitative estimate of drug-likeness (QED) is 0.731. The Bertz CT molecular complexity index is 393. The minimum absolute atomic E-state index is 0.0564. The molecule has 0 bridgehead atoms. The molecule has 0 aromatic rings. The van der Waals surface area contributed by atoms with Crippen LogP contribution in [0.1, 0.15) is 32.6 Å². The highest BCUT2D eigenvalue weighted by Crippen LogP contribution is 2.37. The van der Waals surface area contributed by atoms with Crippen LogP contribution >= 0.6 is 0 Å². The molecule has 0 aromatic heterocycles. The number of aliphatic hydroxyl groups is 1. The molecule has 2 rings (SSSR count). The van der Waals surface area contributed by atoms with Crippen LogP contribution < -0.4 is 5.32 Å². The maximum absolute atomic E-state index is 12.0. The molecule has 0 radical (unpaired) electrons. The van der Waals surface area contributed by atoms with Crippen molar-refractivity contribution in [1.82, 2.24) is 10.2 Å². The van der Waals surface area contributed by atoms with E-state index in [0.717, 1.165) is 6.42 Å². The van der Waals surface area contributed by atoms with Crippen LogP contribution in [0.15, 0.2) is 0 Å². The fourth-order valence-electron chi connectivity index (χ4n) is 2.74. The fourth-order valence-corrected chi connectivity index (χ4v) is 2.74. The number of nitrogens with one attached hydrogen (secondary N) is 1. The molecule has 2 fully saturated rings. The highest BCUT2D eigenvalue weighted by molar-refractivity contribution is 5.82. The van der Waals surface area contributed by atoms with Crippen LogP contribution in [0.4, 0.5) is 0 Å². The Labute approximate surface area is 125 Å². The Balaban J connectivity index is 1.66. The van der Waals surface area contributed by atoms with Crippen LogP contribution in [-0.4, -0.2) is 60.8 Å². The molecule has 1 aliphatic carbocycles. The predicted octanol–water partition coefficient (Wildman–Crippen LogP) is 0.149. The molecule has 0 spiro atoms. The number of nitrogens with zero attached hydrogens (tertiary/aromatic N) is 1. The molecule has 6 heteroatoms. The Morgan fingerprint density at radius 1 is 1.38 bits per heavy atom. The molecule has 6 nitrogen and oxygen atoms in total. The molecule has 2 aliphatic rings. The Hall–Kier alpha value is -1.14. The van der Waals surface area contributed by atoms with Gasteiger partial charge in [0.15, 0.2) is 0 Å². The highest BCUT2D eigenvalue weighted by Gasteiger charge is 2.38. The number of rotatable bonds is 6. The molecule has 1 aliphatic heterocycles. The van der Waals surface area contributed by atoms with E-state index in [-0.39, 0.29) is 24.2 Å². The second-order valence-corrected chi connectivity index (χ2v) is 6.45. The maximum Gasteiger partial charge on any atom is 0.224 e. The average molecular weight is 298 g/mol. The summed E-state index contributed by atoms with van der Waals surface area (Å²) >= 11 is 0. The number of hydrogen-bond donors (Lipinski definition) is 2. The van der Waals surface area contributed by atoms with Crippen molar-refractivity contribution >= 4 is 11.8 Å². The first-order chi connectivity index (χ1) is 9.91. The SMILES string of the molecule is CC1CC1C(=O)NCCC(=O)N(C)CC1(O)CCOCC1. The van der Waals surface area contributed by atoms with Crippen molar-refractivity contribution in [2.75, 3.05) is 33.4 Å². The molecule has 2 N–H and O–H groups in total. The third-order valence-electron chi connectivity index (χ3n) is 4.47. The van der Waals surface area contributed by atoms with Crippen LogP contribution in [0.2, 0.25) is 0 Å². The fraction of sp³-hybridized carbons (Fsp3) is 0.867. The minimum atomic E-state index is -0.838. The van der Waals surface area contributed by atoms with Gasteiger partial charge in [0.05, 0.1) is 5.60 Å². The summed E-state index contributed by atoms with van der Waals surface area (Å²) in [5, 5.41) is 13.2. The van der Waals surface area contributed by atoms with Gasteiger partial charge in [-0.3, -0.25) is 9.59 Å². The van der Waals surface area contributed by atoms with E-state index in [2.05, 4.69) is 12.2 Å². The van der Waals surface area contributed by atoms with Crippen LogP contribution in [0.25, 0.3) is 0 Å². The van der Waals surface area contributed by atoms with E-state index in [0.29, 0.717) is 45.1 Å². The van der Waals surface area contributed by atoms with Gasteiger partial charge >= 0.3 is 0 Å². The van der Waals surface area contributed by atoms with Crippen LogP contribution in [0.5, 0.6) is 0 Å². The summed E-state index contributed by atoms with van der Waals surface area (Å²) in [7, 11) is 1.69. The first kappa shape index (κ1) is 16.2. The monoisotopic (exact) mass is 298 g/mol. The van der Waals surface area contributed by atoms with Gasteiger partial charge in [-0.25, -0.2) is 0 Å². The number of ether oxygens (including phenoxy) is 1. The van der Waals surface area contributed by atoms with Crippen LogP contribution in [-0.2, 0) is 14.3 Å². The zero-order valence-corrected chi connectivity index (χ0v) is 12.9. The van der Waals surface area contributed by atoms with E-state index in [4.69, 9.17) is 4.74 Å².